The number of hydrogen-bond donors (Lipinski definition) is 1. The summed E-state index contributed by atoms with van der Waals surface area (Å²) >= 11 is 0. The van der Waals surface area contributed by atoms with Crippen LogP contribution in [0.3, 0.4) is 0 Å². The lowest BCUT2D eigenvalue weighted by Gasteiger charge is -2.13. The Morgan fingerprint density at radius 2 is 2.31 bits per heavy atom. The average molecular weight is 225 g/mol. The Labute approximate surface area is 93.6 Å². The molecule has 1 N–H and O–H groups in total. The van der Waals surface area contributed by atoms with Crippen molar-refractivity contribution in [1.29, 1.82) is 0 Å². The van der Waals surface area contributed by atoms with Gasteiger partial charge in [-0.05, 0) is 0 Å². The van der Waals surface area contributed by atoms with E-state index in [0.717, 1.165) is 5.69 Å². The predicted octanol–water partition coefficient (Wildman–Crippen LogP) is -0.360. The van der Waals surface area contributed by atoms with Gasteiger partial charge in [-0.25, -0.2) is 9.78 Å². The fourth-order valence-electron chi connectivity index (χ4n) is 1.36. The monoisotopic (exact) mass is 225 g/mol. The third-order valence-corrected chi connectivity index (χ3v) is 2.03. The van der Waals surface area contributed by atoms with Crippen molar-refractivity contribution >= 4 is 11.9 Å². The summed E-state index contributed by atoms with van der Waals surface area (Å²) in [6.45, 7) is 1.36. The molecule has 16 heavy (non-hydrogen) atoms. The van der Waals surface area contributed by atoms with E-state index in [1.165, 1.54) is 14.0 Å². The van der Waals surface area contributed by atoms with Gasteiger partial charge in [-0.3, -0.25) is 4.79 Å². The Hall–Kier alpha value is -1.85. The van der Waals surface area contributed by atoms with E-state index in [4.69, 9.17) is 0 Å². The minimum Gasteiger partial charge on any atom is -0.467 e. The van der Waals surface area contributed by atoms with Crippen LogP contribution >= 0.6 is 0 Å². The number of methoxy groups -OCH3 is 1. The van der Waals surface area contributed by atoms with Crippen LogP contribution in [-0.4, -0.2) is 34.6 Å². The molecule has 0 aliphatic carbocycles. The summed E-state index contributed by atoms with van der Waals surface area (Å²) in [6.07, 6.45) is 3.75. The fraction of sp³-hybridized carbons (Fsp3) is 0.500. The predicted molar refractivity (Wildman–Crippen MR) is 56.5 cm³/mol. The number of rotatable bonds is 4. The molecule has 1 rings (SSSR count). The van der Waals surface area contributed by atoms with Crippen molar-refractivity contribution < 1.29 is 14.3 Å². The lowest BCUT2D eigenvalue weighted by atomic mass is 10.1. The van der Waals surface area contributed by atoms with Crippen molar-refractivity contribution in [2.24, 2.45) is 7.05 Å². The van der Waals surface area contributed by atoms with Gasteiger partial charge >= 0.3 is 5.97 Å². The lowest BCUT2D eigenvalue weighted by Crippen LogP contribution is -2.42. The SMILES string of the molecule is COC(=O)[C@@H](Cc1cn(C)cn1)NC(C)=O. The molecule has 6 nitrogen and oxygen atoms in total. The first-order valence-corrected chi connectivity index (χ1v) is 4.84. The van der Waals surface area contributed by atoms with E-state index in [9.17, 15) is 9.59 Å². The summed E-state index contributed by atoms with van der Waals surface area (Å²) in [5.74, 6) is -0.743. The number of carbonyl (C=O) groups is 2. The number of amides is 1. The third-order valence-electron chi connectivity index (χ3n) is 2.03. The second-order valence-corrected chi connectivity index (χ2v) is 3.51. The third kappa shape index (κ3) is 3.38. The standard InChI is InChI=1S/C10H15N3O3/c1-7(14)12-9(10(15)16-3)4-8-5-13(2)6-11-8/h5-6,9H,4H2,1-3H3,(H,12,14)/t9-/m1/s1. The molecule has 88 valence electrons. The molecule has 1 aromatic heterocycles. The van der Waals surface area contributed by atoms with Crippen LogP contribution < -0.4 is 5.32 Å². The van der Waals surface area contributed by atoms with Gasteiger partial charge in [-0.2, -0.15) is 0 Å². The second-order valence-electron chi connectivity index (χ2n) is 3.51. The summed E-state index contributed by atoms with van der Waals surface area (Å²) < 4.78 is 6.38. The maximum Gasteiger partial charge on any atom is 0.328 e. The lowest BCUT2D eigenvalue weighted by molar-refractivity contribution is -0.144. The van der Waals surface area contributed by atoms with Crippen LogP contribution in [0.5, 0.6) is 0 Å². The highest BCUT2D eigenvalue weighted by Gasteiger charge is 2.21. The van der Waals surface area contributed by atoms with E-state index >= 15 is 0 Å². The smallest absolute Gasteiger partial charge is 0.328 e. The first kappa shape index (κ1) is 12.2. The van der Waals surface area contributed by atoms with Gasteiger partial charge in [0.25, 0.3) is 0 Å². The molecular formula is C10H15N3O3. The van der Waals surface area contributed by atoms with Gasteiger partial charge in [-0.1, -0.05) is 0 Å². The molecule has 0 unspecified atom stereocenters. The summed E-state index contributed by atoms with van der Waals surface area (Å²) in [5.41, 5.74) is 0.728. The van der Waals surface area contributed by atoms with Gasteiger partial charge in [0, 0.05) is 26.6 Å². The van der Waals surface area contributed by atoms with Crippen molar-refractivity contribution in [3.63, 3.8) is 0 Å². The second kappa shape index (κ2) is 5.29. The highest BCUT2D eigenvalue weighted by molar-refractivity contribution is 5.83. The Bertz CT molecular complexity index is 386. The zero-order valence-electron chi connectivity index (χ0n) is 9.56. The van der Waals surface area contributed by atoms with E-state index in [-0.39, 0.29) is 5.91 Å². The minimum absolute atomic E-state index is 0.272. The molecule has 1 amide bonds. The quantitative estimate of drug-likeness (QED) is 0.710. The van der Waals surface area contributed by atoms with E-state index in [0.29, 0.717) is 6.42 Å². The molecule has 0 saturated carbocycles. The molecule has 1 heterocycles. The fourth-order valence-corrected chi connectivity index (χ4v) is 1.36. The van der Waals surface area contributed by atoms with Gasteiger partial charge in [0.1, 0.15) is 6.04 Å². The van der Waals surface area contributed by atoms with Gasteiger partial charge < -0.3 is 14.6 Å². The van der Waals surface area contributed by atoms with E-state index < -0.39 is 12.0 Å². The van der Waals surface area contributed by atoms with Crippen LogP contribution in [0.4, 0.5) is 0 Å². The van der Waals surface area contributed by atoms with Crippen molar-refractivity contribution in [1.82, 2.24) is 14.9 Å². The highest BCUT2D eigenvalue weighted by atomic mass is 16.5. The molecule has 0 radical (unpaired) electrons. The average Bonchev–Trinajstić information content (AvgIpc) is 2.61. The summed E-state index contributed by atoms with van der Waals surface area (Å²) in [4.78, 5) is 26.4. The summed E-state index contributed by atoms with van der Waals surface area (Å²) in [7, 11) is 3.12. The van der Waals surface area contributed by atoms with E-state index in [1.807, 2.05) is 7.05 Å². The first-order chi connectivity index (χ1) is 7.52. The summed E-state index contributed by atoms with van der Waals surface area (Å²) in [5, 5.41) is 2.53. The molecule has 0 bridgehead atoms. The maximum absolute atomic E-state index is 11.4. The molecule has 0 spiro atoms. The zero-order valence-corrected chi connectivity index (χ0v) is 9.56. The topological polar surface area (TPSA) is 73.2 Å². The number of nitrogens with one attached hydrogen (secondary N) is 1. The summed E-state index contributed by atoms with van der Waals surface area (Å²) in [6, 6.07) is -0.683. The van der Waals surface area contributed by atoms with Crippen molar-refractivity contribution in [3.05, 3.63) is 18.2 Å². The maximum atomic E-state index is 11.4. The van der Waals surface area contributed by atoms with Crippen LogP contribution in [0.1, 0.15) is 12.6 Å². The van der Waals surface area contributed by atoms with Gasteiger partial charge in [0.15, 0.2) is 0 Å². The van der Waals surface area contributed by atoms with Crippen LogP contribution in [0.25, 0.3) is 0 Å². The number of aromatic nitrogens is 2. The number of hydrogen-bond acceptors (Lipinski definition) is 4. The molecule has 0 aromatic carbocycles. The zero-order chi connectivity index (χ0) is 12.1. The molecule has 0 aliphatic rings. The molecule has 0 fully saturated rings. The molecule has 6 heteroatoms. The normalized spacial score (nSPS) is 11.9. The number of ether oxygens (including phenoxy) is 1. The van der Waals surface area contributed by atoms with Gasteiger partial charge in [0.2, 0.25) is 5.91 Å². The molecule has 1 atom stereocenters. The van der Waals surface area contributed by atoms with Crippen LogP contribution in [0.15, 0.2) is 12.5 Å². The Balaban J connectivity index is 2.70. The first-order valence-electron chi connectivity index (χ1n) is 4.84. The highest BCUT2D eigenvalue weighted by Crippen LogP contribution is 2.01. The molecule has 0 aliphatic heterocycles. The van der Waals surface area contributed by atoms with Crippen molar-refractivity contribution in [2.75, 3.05) is 7.11 Å². The van der Waals surface area contributed by atoms with Crippen molar-refractivity contribution in [3.8, 4) is 0 Å². The number of esters is 1. The van der Waals surface area contributed by atoms with E-state index in [2.05, 4.69) is 15.0 Å². The number of aryl methyl sites for hydroxylation is 1. The molecule has 0 saturated heterocycles. The van der Waals surface area contributed by atoms with Crippen LogP contribution in [-0.2, 0) is 27.8 Å². The van der Waals surface area contributed by atoms with Crippen LogP contribution in [0, 0.1) is 0 Å². The number of imidazole rings is 1. The molecular weight excluding hydrogens is 210 g/mol. The van der Waals surface area contributed by atoms with Crippen molar-refractivity contribution in [2.45, 2.75) is 19.4 Å². The number of nitrogens with zero attached hydrogens (tertiary/aromatic N) is 2. The minimum atomic E-state index is -0.683. The largest absolute Gasteiger partial charge is 0.467 e. The Kier molecular flexibility index (Phi) is 4.04. The van der Waals surface area contributed by atoms with Gasteiger partial charge in [-0.15, -0.1) is 0 Å². The van der Waals surface area contributed by atoms with Crippen LogP contribution in [0.2, 0.25) is 0 Å². The number of carbonyl (C=O) groups excluding carboxylic acids is 2. The molecule has 1 aromatic rings. The Morgan fingerprint density at radius 1 is 1.62 bits per heavy atom. The Morgan fingerprint density at radius 3 is 2.75 bits per heavy atom. The van der Waals surface area contributed by atoms with Gasteiger partial charge in [0.05, 0.1) is 19.1 Å². The van der Waals surface area contributed by atoms with E-state index in [1.54, 1.807) is 17.1 Å².